The fourth-order valence-electron chi connectivity index (χ4n) is 1.73. The molecule has 0 saturated carbocycles. The Morgan fingerprint density at radius 3 is 2.41 bits per heavy atom. The second kappa shape index (κ2) is 4.91. The highest BCUT2D eigenvalue weighted by molar-refractivity contribution is 5.58. The molecular weight excluding hydrogens is 210 g/mol. The summed E-state index contributed by atoms with van der Waals surface area (Å²) in [6.45, 7) is 4.64. The van der Waals surface area contributed by atoms with E-state index in [9.17, 15) is 0 Å². The summed E-state index contributed by atoms with van der Waals surface area (Å²) in [6, 6.07) is 14.0. The maximum Gasteiger partial charge on any atom is 0.145 e. The molecule has 2 rings (SSSR count). The van der Waals surface area contributed by atoms with Crippen molar-refractivity contribution in [2.75, 3.05) is 5.73 Å². The first-order valence-electron chi connectivity index (χ1n) is 5.71. The van der Waals surface area contributed by atoms with Crippen LogP contribution in [0.15, 0.2) is 42.5 Å². The number of benzene rings is 2. The minimum Gasteiger partial charge on any atom is -0.486 e. The van der Waals surface area contributed by atoms with Crippen molar-refractivity contribution in [3.8, 4) is 5.75 Å². The summed E-state index contributed by atoms with van der Waals surface area (Å²) in [5.41, 5.74) is 10.1. The van der Waals surface area contributed by atoms with Crippen LogP contribution in [0.5, 0.6) is 5.75 Å². The first-order chi connectivity index (χ1) is 8.18. The monoisotopic (exact) mass is 227 g/mol. The maximum absolute atomic E-state index is 5.93. The maximum atomic E-state index is 5.93. The van der Waals surface area contributed by atoms with E-state index >= 15 is 0 Å². The van der Waals surface area contributed by atoms with Crippen LogP contribution in [0.4, 0.5) is 5.69 Å². The van der Waals surface area contributed by atoms with Crippen molar-refractivity contribution in [1.29, 1.82) is 0 Å². The SMILES string of the molecule is Cc1ccc(N)c(OCc2ccccc2)c1C. The Hall–Kier alpha value is -1.96. The summed E-state index contributed by atoms with van der Waals surface area (Å²) in [5, 5.41) is 0. The highest BCUT2D eigenvalue weighted by atomic mass is 16.5. The summed E-state index contributed by atoms with van der Waals surface area (Å²) in [5.74, 6) is 0.800. The lowest BCUT2D eigenvalue weighted by Crippen LogP contribution is -2.01. The van der Waals surface area contributed by atoms with E-state index in [-0.39, 0.29) is 0 Å². The summed E-state index contributed by atoms with van der Waals surface area (Å²) in [6.07, 6.45) is 0. The van der Waals surface area contributed by atoms with Gasteiger partial charge in [-0.1, -0.05) is 36.4 Å². The van der Waals surface area contributed by atoms with Gasteiger partial charge in [0.1, 0.15) is 12.4 Å². The third-order valence-corrected chi connectivity index (χ3v) is 2.93. The van der Waals surface area contributed by atoms with Crippen molar-refractivity contribution in [3.05, 3.63) is 59.2 Å². The number of nitrogen functional groups attached to an aromatic ring is 1. The molecule has 0 amide bonds. The molecule has 0 spiro atoms. The van der Waals surface area contributed by atoms with Gasteiger partial charge in [-0.15, -0.1) is 0 Å². The van der Waals surface area contributed by atoms with Crippen molar-refractivity contribution in [2.45, 2.75) is 20.5 Å². The van der Waals surface area contributed by atoms with Crippen molar-refractivity contribution >= 4 is 5.69 Å². The molecule has 2 N–H and O–H groups in total. The number of anilines is 1. The van der Waals surface area contributed by atoms with E-state index in [1.165, 1.54) is 5.56 Å². The van der Waals surface area contributed by atoms with Gasteiger partial charge in [-0.05, 0) is 36.6 Å². The largest absolute Gasteiger partial charge is 0.486 e. The zero-order valence-corrected chi connectivity index (χ0v) is 10.2. The third-order valence-electron chi connectivity index (χ3n) is 2.93. The first kappa shape index (κ1) is 11.5. The molecule has 17 heavy (non-hydrogen) atoms. The molecule has 0 heterocycles. The highest BCUT2D eigenvalue weighted by Crippen LogP contribution is 2.29. The third kappa shape index (κ3) is 2.59. The number of aryl methyl sites for hydroxylation is 1. The molecule has 2 aromatic carbocycles. The fourth-order valence-corrected chi connectivity index (χ4v) is 1.73. The summed E-state index contributed by atoms with van der Waals surface area (Å²) < 4.78 is 5.81. The second-order valence-corrected chi connectivity index (χ2v) is 4.20. The predicted molar refractivity (Wildman–Crippen MR) is 71.1 cm³/mol. The Labute approximate surface area is 102 Å². The molecule has 0 bridgehead atoms. The van der Waals surface area contributed by atoms with E-state index in [0.717, 1.165) is 16.9 Å². The van der Waals surface area contributed by atoms with Crippen LogP contribution in [0.3, 0.4) is 0 Å². The fraction of sp³-hybridized carbons (Fsp3) is 0.200. The van der Waals surface area contributed by atoms with Gasteiger partial charge in [-0.2, -0.15) is 0 Å². The molecule has 0 aromatic heterocycles. The number of hydrogen-bond acceptors (Lipinski definition) is 2. The standard InChI is InChI=1S/C15H17NO/c1-11-8-9-14(16)15(12(11)2)17-10-13-6-4-3-5-7-13/h3-9H,10,16H2,1-2H3. The van der Waals surface area contributed by atoms with Gasteiger partial charge < -0.3 is 10.5 Å². The summed E-state index contributed by atoms with van der Waals surface area (Å²) in [7, 11) is 0. The van der Waals surface area contributed by atoms with Crippen LogP contribution in [0.2, 0.25) is 0 Å². The van der Waals surface area contributed by atoms with E-state index in [4.69, 9.17) is 10.5 Å². The second-order valence-electron chi connectivity index (χ2n) is 4.20. The molecule has 0 saturated heterocycles. The minimum atomic E-state index is 0.551. The van der Waals surface area contributed by atoms with E-state index < -0.39 is 0 Å². The van der Waals surface area contributed by atoms with E-state index in [0.29, 0.717) is 12.3 Å². The van der Waals surface area contributed by atoms with Crippen molar-refractivity contribution < 1.29 is 4.74 Å². The van der Waals surface area contributed by atoms with Crippen molar-refractivity contribution in [3.63, 3.8) is 0 Å². The van der Waals surface area contributed by atoms with Crippen molar-refractivity contribution in [1.82, 2.24) is 0 Å². The van der Waals surface area contributed by atoms with Crippen LogP contribution in [-0.2, 0) is 6.61 Å². The number of ether oxygens (including phenoxy) is 1. The summed E-state index contributed by atoms with van der Waals surface area (Å²) in [4.78, 5) is 0. The van der Waals surface area contributed by atoms with E-state index in [2.05, 4.69) is 6.92 Å². The van der Waals surface area contributed by atoms with Crippen molar-refractivity contribution in [2.24, 2.45) is 0 Å². The molecule has 0 aliphatic heterocycles. The Kier molecular flexibility index (Phi) is 3.33. The van der Waals surface area contributed by atoms with Gasteiger partial charge in [0, 0.05) is 0 Å². The Morgan fingerprint density at radius 2 is 1.71 bits per heavy atom. The average Bonchev–Trinajstić information content (AvgIpc) is 2.35. The molecule has 0 aliphatic carbocycles. The molecule has 0 atom stereocenters. The number of hydrogen-bond donors (Lipinski definition) is 1. The molecule has 2 aromatic rings. The van der Waals surface area contributed by atoms with Crippen LogP contribution < -0.4 is 10.5 Å². The Morgan fingerprint density at radius 1 is 1.00 bits per heavy atom. The molecule has 88 valence electrons. The quantitative estimate of drug-likeness (QED) is 0.815. The smallest absolute Gasteiger partial charge is 0.145 e. The van der Waals surface area contributed by atoms with Gasteiger partial charge >= 0.3 is 0 Å². The van der Waals surface area contributed by atoms with Crippen LogP contribution in [0.25, 0.3) is 0 Å². The van der Waals surface area contributed by atoms with Gasteiger partial charge in [-0.3, -0.25) is 0 Å². The zero-order chi connectivity index (χ0) is 12.3. The van der Waals surface area contributed by atoms with E-state index in [1.54, 1.807) is 0 Å². The lowest BCUT2D eigenvalue weighted by atomic mass is 10.1. The molecule has 2 nitrogen and oxygen atoms in total. The van der Waals surface area contributed by atoms with Crippen LogP contribution >= 0.6 is 0 Å². The minimum absolute atomic E-state index is 0.551. The van der Waals surface area contributed by atoms with Gasteiger partial charge in [0.2, 0.25) is 0 Å². The van der Waals surface area contributed by atoms with Gasteiger partial charge in [0.15, 0.2) is 0 Å². The molecular formula is C15H17NO. The normalized spacial score (nSPS) is 10.2. The van der Waals surface area contributed by atoms with Crippen LogP contribution in [0.1, 0.15) is 16.7 Å². The zero-order valence-electron chi connectivity index (χ0n) is 10.2. The Balaban J connectivity index is 2.17. The predicted octanol–water partition coefficient (Wildman–Crippen LogP) is 3.46. The molecule has 0 fully saturated rings. The molecule has 0 radical (unpaired) electrons. The van der Waals surface area contributed by atoms with Gasteiger partial charge in [-0.25, -0.2) is 0 Å². The highest BCUT2D eigenvalue weighted by Gasteiger charge is 2.06. The summed E-state index contributed by atoms with van der Waals surface area (Å²) >= 11 is 0. The van der Waals surface area contributed by atoms with E-state index in [1.807, 2.05) is 49.4 Å². The Bertz CT molecular complexity index is 506. The average molecular weight is 227 g/mol. The topological polar surface area (TPSA) is 35.2 Å². The molecule has 0 unspecified atom stereocenters. The number of nitrogens with two attached hydrogens (primary N) is 1. The molecule has 2 heteroatoms. The lowest BCUT2D eigenvalue weighted by Gasteiger charge is -2.13. The van der Waals surface area contributed by atoms with Crippen LogP contribution in [0, 0.1) is 13.8 Å². The lowest BCUT2D eigenvalue weighted by molar-refractivity contribution is 0.305. The van der Waals surface area contributed by atoms with Gasteiger partial charge in [0.05, 0.1) is 5.69 Å². The van der Waals surface area contributed by atoms with Crippen LogP contribution in [-0.4, -0.2) is 0 Å². The van der Waals surface area contributed by atoms with Gasteiger partial charge in [0.25, 0.3) is 0 Å². The number of rotatable bonds is 3. The molecule has 0 aliphatic rings. The first-order valence-corrected chi connectivity index (χ1v) is 5.71.